The number of phenols is 1. The highest BCUT2D eigenvalue weighted by atomic mass is 16.5. The molecule has 0 bridgehead atoms. The molecule has 2 aromatic rings. The Balaban J connectivity index is 1.57. The van der Waals surface area contributed by atoms with Crippen molar-refractivity contribution in [2.75, 3.05) is 19.7 Å². The highest BCUT2D eigenvalue weighted by Crippen LogP contribution is 2.45. The minimum atomic E-state index is 0.188. The summed E-state index contributed by atoms with van der Waals surface area (Å²) in [6, 6.07) is 14.1. The zero-order valence-electron chi connectivity index (χ0n) is 19.4. The second-order valence-corrected chi connectivity index (χ2v) is 8.81. The molecular formula is C29H33NO3. The average molecular weight is 444 g/mol. The van der Waals surface area contributed by atoms with Gasteiger partial charge in [0.25, 0.3) is 0 Å². The van der Waals surface area contributed by atoms with Crippen molar-refractivity contribution in [1.82, 2.24) is 4.90 Å². The van der Waals surface area contributed by atoms with Crippen LogP contribution in [-0.4, -0.2) is 35.6 Å². The number of rotatable bonds is 8. The first kappa shape index (κ1) is 22.9. The number of hydrogen-bond donors (Lipinski definition) is 1. The lowest BCUT2D eigenvalue weighted by molar-refractivity contribution is -0.128. The van der Waals surface area contributed by atoms with Gasteiger partial charge in [-0.3, -0.25) is 4.79 Å². The number of fused-ring (bicyclic) bond motifs is 1. The number of carbonyl (C=O) groups excluding carboxylic acids is 1. The van der Waals surface area contributed by atoms with E-state index in [-0.39, 0.29) is 11.8 Å². The van der Waals surface area contributed by atoms with E-state index in [1.165, 1.54) is 22.3 Å². The molecule has 1 aliphatic carbocycles. The Kier molecular flexibility index (Phi) is 7.33. The molecule has 2 aliphatic rings. The van der Waals surface area contributed by atoms with Crippen LogP contribution in [0.25, 0.3) is 0 Å². The lowest BCUT2D eigenvalue weighted by Gasteiger charge is -2.35. The average Bonchev–Trinajstić information content (AvgIpc) is 3.23. The zero-order chi connectivity index (χ0) is 23.2. The van der Waals surface area contributed by atoms with Crippen molar-refractivity contribution >= 4 is 5.91 Å². The number of benzene rings is 2. The third-order valence-corrected chi connectivity index (χ3v) is 6.73. The number of hydrogen-bond acceptors (Lipinski definition) is 3. The summed E-state index contributed by atoms with van der Waals surface area (Å²) in [4.78, 5) is 13.7. The number of amides is 1. The number of phenolic OH excluding ortho intramolecular Hbond substituents is 1. The third kappa shape index (κ3) is 5.22. The van der Waals surface area contributed by atoms with Crippen LogP contribution in [0.15, 0.2) is 78.9 Å². The lowest BCUT2D eigenvalue weighted by Crippen LogP contribution is -2.29. The van der Waals surface area contributed by atoms with Gasteiger partial charge < -0.3 is 14.7 Å². The number of allylic oxidation sites excluding steroid dienone is 5. The lowest BCUT2D eigenvalue weighted by atomic mass is 9.69. The molecule has 1 fully saturated rings. The summed E-state index contributed by atoms with van der Waals surface area (Å²) in [6.45, 7) is 7.95. The summed E-state index contributed by atoms with van der Waals surface area (Å²) < 4.78 is 5.93. The van der Waals surface area contributed by atoms with Gasteiger partial charge in [-0.05, 0) is 78.6 Å². The first-order valence-electron chi connectivity index (χ1n) is 11.9. The molecule has 1 amide bonds. The van der Waals surface area contributed by atoms with Crippen molar-refractivity contribution in [3.8, 4) is 11.5 Å². The number of aromatic hydroxyl groups is 1. The summed E-state index contributed by atoms with van der Waals surface area (Å²) in [5, 5.41) is 10.0. The number of ether oxygens (including phenoxy) is 1. The van der Waals surface area contributed by atoms with Crippen LogP contribution in [0, 0.1) is 5.92 Å². The van der Waals surface area contributed by atoms with Gasteiger partial charge in [0.2, 0.25) is 5.91 Å². The Labute approximate surface area is 196 Å². The maximum Gasteiger partial charge on any atom is 0.222 e. The van der Waals surface area contributed by atoms with Gasteiger partial charge in [-0.25, -0.2) is 0 Å². The summed E-state index contributed by atoms with van der Waals surface area (Å²) in [5.41, 5.74) is 4.98. The minimum absolute atomic E-state index is 0.188. The molecule has 1 aliphatic heterocycles. The second kappa shape index (κ2) is 10.6. The molecule has 0 radical (unpaired) electrons. The van der Waals surface area contributed by atoms with Gasteiger partial charge in [0, 0.05) is 18.9 Å². The monoisotopic (exact) mass is 443 g/mol. The second-order valence-electron chi connectivity index (χ2n) is 8.81. The number of likely N-dealkylation sites (tertiary alicyclic amines) is 1. The van der Waals surface area contributed by atoms with Crippen LogP contribution in [-0.2, 0) is 11.2 Å². The fourth-order valence-electron chi connectivity index (χ4n) is 5.19. The summed E-state index contributed by atoms with van der Waals surface area (Å²) in [5.74, 6) is 1.88. The van der Waals surface area contributed by atoms with Crippen molar-refractivity contribution in [3.05, 3.63) is 95.6 Å². The number of aryl methyl sites for hydroxylation is 1. The van der Waals surface area contributed by atoms with E-state index in [1.807, 2.05) is 36.1 Å². The molecule has 2 aromatic carbocycles. The molecule has 0 unspecified atom stereocenters. The Bertz CT molecular complexity index is 1050. The normalized spacial score (nSPS) is 20.8. The first-order valence-corrected chi connectivity index (χ1v) is 11.9. The van der Waals surface area contributed by atoms with Crippen LogP contribution in [0.3, 0.4) is 0 Å². The summed E-state index contributed by atoms with van der Waals surface area (Å²) in [7, 11) is 0. The first-order chi connectivity index (χ1) is 16.1. The van der Waals surface area contributed by atoms with Gasteiger partial charge in [-0.15, -0.1) is 0 Å². The van der Waals surface area contributed by atoms with Crippen molar-refractivity contribution in [3.63, 3.8) is 0 Å². The largest absolute Gasteiger partial charge is 0.508 e. The van der Waals surface area contributed by atoms with Gasteiger partial charge in [0.15, 0.2) is 0 Å². The smallest absolute Gasteiger partial charge is 0.222 e. The van der Waals surface area contributed by atoms with Crippen molar-refractivity contribution in [2.24, 2.45) is 5.92 Å². The summed E-state index contributed by atoms with van der Waals surface area (Å²) in [6.07, 6.45) is 11.8. The van der Waals surface area contributed by atoms with Crippen LogP contribution in [0.5, 0.6) is 11.5 Å². The fraction of sp³-hybridized carbons (Fsp3) is 0.345. The Hall–Kier alpha value is -3.27. The molecule has 172 valence electrons. The maximum atomic E-state index is 11.8. The van der Waals surface area contributed by atoms with E-state index in [4.69, 9.17) is 4.74 Å². The van der Waals surface area contributed by atoms with Gasteiger partial charge in [-0.2, -0.15) is 0 Å². The van der Waals surface area contributed by atoms with Crippen LogP contribution in [0.1, 0.15) is 48.8 Å². The molecule has 1 saturated heterocycles. The third-order valence-electron chi connectivity index (χ3n) is 6.73. The molecule has 4 rings (SSSR count). The number of carbonyl (C=O) groups is 1. The van der Waals surface area contributed by atoms with E-state index in [1.54, 1.807) is 6.07 Å². The topological polar surface area (TPSA) is 49.8 Å². The maximum absolute atomic E-state index is 11.8. The Morgan fingerprint density at radius 3 is 2.73 bits per heavy atom. The van der Waals surface area contributed by atoms with Crippen molar-refractivity contribution in [1.29, 1.82) is 0 Å². The van der Waals surface area contributed by atoms with Gasteiger partial charge in [0.05, 0.1) is 6.54 Å². The van der Waals surface area contributed by atoms with E-state index in [9.17, 15) is 9.90 Å². The molecule has 0 aromatic heterocycles. The van der Waals surface area contributed by atoms with Crippen LogP contribution in [0.4, 0.5) is 0 Å². The molecule has 2 atom stereocenters. The predicted octanol–water partition coefficient (Wildman–Crippen LogP) is 5.78. The fourth-order valence-corrected chi connectivity index (χ4v) is 5.19. The molecule has 33 heavy (non-hydrogen) atoms. The van der Waals surface area contributed by atoms with Gasteiger partial charge in [-0.1, -0.05) is 49.1 Å². The Morgan fingerprint density at radius 2 is 2.03 bits per heavy atom. The van der Waals surface area contributed by atoms with E-state index in [0.717, 1.165) is 31.6 Å². The van der Waals surface area contributed by atoms with Crippen molar-refractivity contribution in [2.45, 2.75) is 38.5 Å². The molecule has 1 heterocycles. The molecule has 0 saturated carbocycles. The van der Waals surface area contributed by atoms with E-state index >= 15 is 0 Å². The number of nitrogens with zero attached hydrogens (tertiary/aromatic N) is 1. The van der Waals surface area contributed by atoms with Gasteiger partial charge >= 0.3 is 0 Å². The predicted molar refractivity (Wildman–Crippen MR) is 133 cm³/mol. The minimum Gasteiger partial charge on any atom is -0.508 e. The highest BCUT2D eigenvalue weighted by molar-refractivity contribution is 5.78. The molecule has 4 nitrogen and oxygen atoms in total. The van der Waals surface area contributed by atoms with Crippen molar-refractivity contribution < 1.29 is 14.6 Å². The molecule has 4 heteroatoms. The van der Waals surface area contributed by atoms with E-state index in [0.29, 0.717) is 31.2 Å². The molecule has 1 N–H and O–H groups in total. The molecular weight excluding hydrogens is 410 g/mol. The van der Waals surface area contributed by atoms with E-state index in [2.05, 4.69) is 43.0 Å². The van der Waals surface area contributed by atoms with Crippen LogP contribution in [0.2, 0.25) is 0 Å². The zero-order valence-corrected chi connectivity index (χ0v) is 19.4. The van der Waals surface area contributed by atoms with Crippen LogP contribution >= 0.6 is 0 Å². The van der Waals surface area contributed by atoms with Gasteiger partial charge in [0.1, 0.15) is 18.1 Å². The standard InChI is InChI=1S/C29H33NO3/c1-3-6-21(7-4-2)26-15-11-23-20-24(31)12-16-27(23)29(26)22-9-13-25(14-10-22)33-19-18-30-17-5-8-28(30)32/h3-4,6-7,9-10,12-14,16,20,26,29,31H,1,5,8,11,15,17-19H2,2H3/b7-4-,21-6+/t26-,29+/m1/s1. The molecule has 0 spiro atoms. The Morgan fingerprint density at radius 1 is 1.21 bits per heavy atom. The summed E-state index contributed by atoms with van der Waals surface area (Å²) >= 11 is 0. The SMILES string of the molecule is C=C/C=C(\C=C/C)[C@H]1CCc2cc(O)ccc2[C@H]1c1ccc(OCCN2CCCC2=O)cc1. The van der Waals surface area contributed by atoms with Crippen LogP contribution < -0.4 is 4.74 Å². The quantitative estimate of drug-likeness (QED) is 0.527. The highest BCUT2D eigenvalue weighted by Gasteiger charge is 2.32. The van der Waals surface area contributed by atoms with E-state index < -0.39 is 0 Å².